The molecular weight excluding hydrogens is 428 g/mol. The van der Waals surface area contributed by atoms with Crippen molar-refractivity contribution in [3.63, 3.8) is 0 Å². The van der Waals surface area contributed by atoms with Crippen LogP contribution in [0, 0.1) is 11.8 Å². The molecule has 3 aliphatic rings. The second-order valence-electron chi connectivity index (χ2n) is 10.1. The minimum Gasteiger partial charge on any atom is -0.353 e. The molecule has 0 spiro atoms. The summed E-state index contributed by atoms with van der Waals surface area (Å²) in [7, 11) is 0. The van der Waals surface area contributed by atoms with E-state index in [0.29, 0.717) is 12.2 Å². The number of allylic oxidation sites excluding steroid dienone is 1. The van der Waals surface area contributed by atoms with Crippen LogP contribution in [-0.2, 0) is 30.2 Å². The van der Waals surface area contributed by atoms with Crippen molar-refractivity contribution in [2.45, 2.75) is 102 Å². The van der Waals surface area contributed by atoms with Crippen LogP contribution in [0.5, 0.6) is 0 Å². The summed E-state index contributed by atoms with van der Waals surface area (Å²) in [4.78, 5) is 12.9. The molecule has 188 valence electrons. The van der Waals surface area contributed by atoms with Gasteiger partial charge >= 0.3 is 0 Å². The molecule has 2 aliphatic heterocycles. The standard InChI is InChI=1S/C29H42O5/c1-2-10-24-25(27(21-26(24)30)34-29-14-7-9-20-32-29)18-17-23(33-28-13-6-8-19-31-28)16-15-22-11-4-3-5-12-22/h2-5,11-12,23-25,27-29H,1,6-10,13-21H2/t23-,24+,25+,27+,28?,29?/m0/s1. The number of rotatable bonds is 12. The van der Waals surface area contributed by atoms with Crippen LogP contribution >= 0.6 is 0 Å². The third-order valence-corrected chi connectivity index (χ3v) is 7.60. The van der Waals surface area contributed by atoms with Crippen LogP contribution in [0.4, 0.5) is 0 Å². The molecule has 1 aliphatic carbocycles. The van der Waals surface area contributed by atoms with E-state index in [1.54, 1.807) is 0 Å². The quantitative estimate of drug-likeness (QED) is 0.351. The Balaban J connectivity index is 1.39. The van der Waals surface area contributed by atoms with Crippen molar-refractivity contribution in [3.8, 4) is 0 Å². The molecule has 0 N–H and O–H groups in total. The lowest BCUT2D eigenvalue weighted by Gasteiger charge is -2.32. The number of benzene rings is 1. The molecule has 0 radical (unpaired) electrons. The van der Waals surface area contributed by atoms with Crippen LogP contribution in [-0.4, -0.2) is 43.8 Å². The summed E-state index contributed by atoms with van der Waals surface area (Å²) in [6.07, 6.45) is 13.0. The average Bonchev–Trinajstić information content (AvgIpc) is 3.16. The average molecular weight is 471 g/mol. The largest absolute Gasteiger partial charge is 0.353 e. The first kappa shape index (κ1) is 25.6. The van der Waals surface area contributed by atoms with E-state index in [-0.39, 0.29) is 36.6 Å². The van der Waals surface area contributed by atoms with Gasteiger partial charge in [-0.2, -0.15) is 0 Å². The number of aryl methyl sites for hydroxylation is 1. The summed E-state index contributed by atoms with van der Waals surface area (Å²) in [6.45, 7) is 5.45. The second-order valence-corrected chi connectivity index (χ2v) is 10.1. The van der Waals surface area contributed by atoms with E-state index in [1.165, 1.54) is 5.56 Å². The minimum absolute atomic E-state index is 0.00760. The first-order valence-electron chi connectivity index (χ1n) is 13.4. The zero-order valence-electron chi connectivity index (χ0n) is 20.6. The first-order valence-corrected chi connectivity index (χ1v) is 13.4. The Morgan fingerprint density at radius 1 is 1.00 bits per heavy atom. The van der Waals surface area contributed by atoms with Crippen LogP contribution in [0.1, 0.15) is 76.2 Å². The van der Waals surface area contributed by atoms with Crippen molar-refractivity contribution >= 4 is 5.78 Å². The Morgan fingerprint density at radius 3 is 2.41 bits per heavy atom. The van der Waals surface area contributed by atoms with Crippen LogP contribution < -0.4 is 0 Å². The van der Waals surface area contributed by atoms with E-state index in [0.717, 1.165) is 83.8 Å². The maximum Gasteiger partial charge on any atom is 0.157 e. The van der Waals surface area contributed by atoms with Gasteiger partial charge < -0.3 is 18.9 Å². The smallest absolute Gasteiger partial charge is 0.157 e. The SMILES string of the molecule is C=CC[C@H]1C(=O)C[C@@H](OC2CCCCO2)[C@@H]1CC[C@H](CCc1ccccc1)OC1CCCCO1. The van der Waals surface area contributed by atoms with Gasteiger partial charge in [0.05, 0.1) is 12.2 Å². The number of Topliss-reactive ketones (excluding diaryl/α,β-unsaturated/α-hetero) is 1. The van der Waals surface area contributed by atoms with Crippen LogP contribution in [0.3, 0.4) is 0 Å². The van der Waals surface area contributed by atoms with Gasteiger partial charge in [0, 0.05) is 25.6 Å². The fourth-order valence-corrected chi connectivity index (χ4v) is 5.70. The molecule has 0 bridgehead atoms. The molecule has 5 heteroatoms. The molecule has 2 heterocycles. The zero-order valence-corrected chi connectivity index (χ0v) is 20.6. The third kappa shape index (κ3) is 7.48. The van der Waals surface area contributed by atoms with Crippen molar-refractivity contribution in [2.75, 3.05) is 13.2 Å². The molecular formula is C29H42O5. The molecule has 6 atom stereocenters. The number of hydrogen-bond acceptors (Lipinski definition) is 5. The maximum absolute atomic E-state index is 12.9. The monoisotopic (exact) mass is 470 g/mol. The molecule has 1 saturated carbocycles. The molecule has 3 fully saturated rings. The Hall–Kier alpha value is -1.53. The van der Waals surface area contributed by atoms with Gasteiger partial charge in [-0.05, 0) is 82.1 Å². The van der Waals surface area contributed by atoms with Gasteiger partial charge in [-0.25, -0.2) is 0 Å². The third-order valence-electron chi connectivity index (χ3n) is 7.60. The highest BCUT2D eigenvalue weighted by Gasteiger charge is 2.43. The van der Waals surface area contributed by atoms with E-state index in [9.17, 15) is 4.79 Å². The zero-order chi connectivity index (χ0) is 23.6. The number of carbonyl (C=O) groups excluding carboxylic acids is 1. The molecule has 34 heavy (non-hydrogen) atoms. The topological polar surface area (TPSA) is 54.0 Å². The highest BCUT2D eigenvalue weighted by Crippen LogP contribution is 2.39. The van der Waals surface area contributed by atoms with Gasteiger partial charge in [0.25, 0.3) is 0 Å². The lowest BCUT2D eigenvalue weighted by Crippen LogP contribution is -2.33. The Kier molecular flexibility index (Phi) is 10.2. The van der Waals surface area contributed by atoms with E-state index < -0.39 is 0 Å². The van der Waals surface area contributed by atoms with Crippen LogP contribution in [0.25, 0.3) is 0 Å². The Labute approximate surface area is 205 Å². The Bertz CT molecular complexity index is 738. The predicted octanol–water partition coefficient (Wildman–Crippen LogP) is 6.00. The lowest BCUT2D eigenvalue weighted by atomic mass is 9.86. The van der Waals surface area contributed by atoms with Crippen molar-refractivity contribution < 1.29 is 23.7 Å². The van der Waals surface area contributed by atoms with Gasteiger partial charge in [0.1, 0.15) is 5.78 Å². The molecule has 1 aromatic rings. The van der Waals surface area contributed by atoms with Crippen LogP contribution in [0.2, 0.25) is 0 Å². The number of ether oxygens (including phenoxy) is 4. The van der Waals surface area contributed by atoms with Crippen molar-refractivity contribution in [3.05, 3.63) is 48.6 Å². The Morgan fingerprint density at radius 2 is 1.74 bits per heavy atom. The predicted molar refractivity (Wildman–Crippen MR) is 132 cm³/mol. The van der Waals surface area contributed by atoms with Crippen molar-refractivity contribution in [1.29, 1.82) is 0 Å². The number of ketones is 1. The highest BCUT2D eigenvalue weighted by molar-refractivity contribution is 5.84. The van der Waals surface area contributed by atoms with Crippen molar-refractivity contribution in [1.82, 2.24) is 0 Å². The fourth-order valence-electron chi connectivity index (χ4n) is 5.70. The molecule has 0 aromatic heterocycles. The van der Waals surface area contributed by atoms with Gasteiger partial charge in [0.2, 0.25) is 0 Å². The normalized spacial score (nSPS) is 30.8. The molecule has 2 saturated heterocycles. The molecule has 1 aromatic carbocycles. The summed E-state index contributed by atoms with van der Waals surface area (Å²) >= 11 is 0. The van der Waals surface area contributed by atoms with Gasteiger partial charge in [-0.15, -0.1) is 6.58 Å². The molecule has 5 nitrogen and oxygen atoms in total. The minimum atomic E-state index is -0.169. The number of carbonyl (C=O) groups is 1. The highest BCUT2D eigenvalue weighted by atomic mass is 16.7. The summed E-state index contributed by atoms with van der Waals surface area (Å²) in [6, 6.07) is 10.6. The second kappa shape index (κ2) is 13.5. The van der Waals surface area contributed by atoms with E-state index >= 15 is 0 Å². The fraction of sp³-hybridized carbons (Fsp3) is 0.690. The van der Waals surface area contributed by atoms with Crippen molar-refractivity contribution in [2.24, 2.45) is 11.8 Å². The van der Waals surface area contributed by atoms with E-state index in [1.807, 2.05) is 6.08 Å². The summed E-state index contributed by atoms with van der Waals surface area (Å²) in [5, 5.41) is 0. The molecule has 4 rings (SSSR count). The van der Waals surface area contributed by atoms with E-state index in [2.05, 4.69) is 36.9 Å². The first-order chi connectivity index (χ1) is 16.7. The molecule has 2 unspecified atom stereocenters. The van der Waals surface area contributed by atoms with Crippen LogP contribution in [0.15, 0.2) is 43.0 Å². The maximum atomic E-state index is 12.9. The summed E-state index contributed by atoms with van der Waals surface area (Å²) < 4.78 is 24.6. The van der Waals surface area contributed by atoms with Gasteiger partial charge in [0.15, 0.2) is 12.6 Å². The lowest BCUT2D eigenvalue weighted by molar-refractivity contribution is -0.200. The van der Waals surface area contributed by atoms with E-state index in [4.69, 9.17) is 18.9 Å². The number of hydrogen-bond donors (Lipinski definition) is 0. The molecule has 0 amide bonds. The summed E-state index contributed by atoms with van der Waals surface area (Å²) in [5.74, 6) is 0.487. The van der Waals surface area contributed by atoms with Gasteiger partial charge in [-0.3, -0.25) is 4.79 Å². The van der Waals surface area contributed by atoms with Gasteiger partial charge in [-0.1, -0.05) is 36.4 Å². The summed E-state index contributed by atoms with van der Waals surface area (Å²) in [5.41, 5.74) is 1.33.